The first kappa shape index (κ1) is 9.44. The number of hydrogen-bond donors (Lipinski definition) is 1. The molecule has 70 valence electrons. The van der Waals surface area contributed by atoms with Crippen molar-refractivity contribution in [3.05, 3.63) is 27.9 Å². The Morgan fingerprint density at radius 1 is 1.69 bits per heavy atom. The summed E-state index contributed by atoms with van der Waals surface area (Å²) in [6.07, 6.45) is 1.05. The van der Waals surface area contributed by atoms with E-state index in [2.05, 4.69) is 9.97 Å². The third kappa shape index (κ3) is 2.14. The predicted molar refractivity (Wildman–Crippen MR) is 45.6 cm³/mol. The van der Waals surface area contributed by atoms with Crippen LogP contribution in [0.3, 0.4) is 0 Å². The molecule has 0 aliphatic carbocycles. The van der Waals surface area contributed by atoms with Gasteiger partial charge in [-0.15, -0.1) is 0 Å². The topological polar surface area (TPSA) is 72.0 Å². The lowest BCUT2D eigenvalue weighted by molar-refractivity contribution is 0.0518. The van der Waals surface area contributed by atoms with Gasteiger partial charge in [-0.05, 0) is 13.8 Å². The Labute approximate surface area is 74.8 Å². The van der Waals surface area contributed by atoms with Gasteiger partial charge in [-0.2, -0.15) is 0 Å². The summed E-state index contributed by atoms with van der Waals surface area (Å²) in [6, 6.07) is 0. The van der Waals surface area contributed by atoms with E-state index >= 15 is 0 Å². The highest BCUT2D eigenvalue weighted by molar-refractivity contribution is 5.88. The van der Waals surface area contributed by atoms with Crippen LogP contribution in [-0.2, 0) is 4.74 Å². The molecule has 0 aromatic carbocycles. The minimum atomic E-state index is -0.517. The number of rotatable bonds is 2. The van der Waals surface area contributed by atoms with Crippen LogP contribution < -0.4 is 5.56 Å². The summed E-state index contributed by atoms with van der Waals surface area (Å²) in [7, 11) is 0. The second-order valence-electron chi connectivity index (χ2n) is 2.44. The number of aryl methyl sites for hydroxylation is 1. The number of H-pyrrole nitrogens is 1. The van der Waals surface area contributed by atoms with Gasteiger partial charge >= 0.3 is 5.97 Å². The molecule has 0 aliphatic heterocycles. The Morgan fingerprint density at radius 2 is 2.38 bits per heavy atom. The van der Waals surface area contributed by atoms with E-state index in [1.54, 1.807) is 13.8 Å². The molecule has 13 heavy (non-hydrogen) atoms. The fourth-order valence-electron chi connectivity index (χ4n) is 0.902. The van der Waals surface area contributed by atoms with Gasteiger partial charge < -0.3 is 9.72 Å². The van der Waals surface area contributed by atoms with E-state index in [1.165, 1.54) is 0 Å². The molecule has 0 atom stereocenters. The third-order valence-electron chi connectivity index (χ3n) is 1.45. The summed E-state index contributed by atoms with van der Waals surface area (Å²) in [5, 5.41) is 0. The lowest BCUT2D eigenvalue weighted by Crippen LogP contribution is -2.16. The number of nitrogens with one attached hydrogen (secondary N) is 1. The molecule has 0 saturated carbocycles. The van der Waals surface area contributed by atoms with Crippen molar-refractivity contribution in [1.82, 2.24) is 9.97 Å². The van der Waals surface area contributed by atoms with Crippen LogP contribution in [-0.4, -0.2) is 22.5 Å². The molecule has 1 aromatic heterocycles. The van der Waals surface area contributed by atoms with Crippen molar-refractivity contribution < 1.29 is 9.53 Å². The molecular formula is C8H10N2O3. The number of nitrogens with zero attached hydrogens (tertiary/aromatic N) is 1. The standard InChI is InChI=1S/C8H10N2O3/c1-3-13-8(12)7-5(2)10-6(11)4-9-7/h4H,3H2,1-2H3,(H,10,11). The van der Waals surface area contributed by atoms with Gasteiger partial charge in [0.1, 0.15) is 0 Å². The monoisotopic (exact) mass is 182 g/mol. The lowest BCUT2D eigenvalue weighted by atomic mass is 10.3. The van der Waals surface area contributed by atoms with Crippen LogP contribution in [0.4, 0.5) is 0 Å². The Morgan fingerprint density at radius 3 is 2.92 bits per heavy atom. The lowest BCUT2D eigenvalue weighted by Gasteiger charge is -2.02. The van der Waals surface area contributed by atoms with Crippen LogP contribution in [0.5, 0.6) is 0 Å². The van der Waals surface area contributed by atoms with E-state index in [0.29, 0.717) is 12.3 Å². The fourth-order valence-corrected chi connectivity index (χ4v) is 0.902. The maximum atomic E-state index is 11.2. The molecule has 1 rings (SSSR count). The average molecular weight is 182 g/mol. The van der Waals surface area contributed by atoms with Crippen LogP contribution in [0.15, 0.2) is 11.0 Å². The predicted octanol–water partition coefficient (Wildman–Crippen LogP) is 0.255. The van der Waals surface area contributed by atoms with Crippen LogP contribution in [0.25, 0.3) is 0 Å². The molecule has 1 N–H and O–H groups in total. The number of ether oxygens (including phenoxy) is 1. The van der Waals surface area contributed by atoms with E-state index in [9.17, 15) is 9.59 Å². The van der Waals surface area contributed by atoms with Crippen molar-refractivity contribution in [2.24, 2.45) is 0 Å². The van der Waals surface area contributed by atoms with Crippen molar-refractivity contribution >= 4 is 5.97 Å². The number of carbonyl (C=O) groups is 1. The first-order chi connectivity index (χ1) is 6.15. The molecule has 0 amide bonds. The Kier molecular flexibility index (Phi) is 2.79. The maximum absolute atomic E-state index is 11.2. The molecule has 5 heteroatoms. The van der Waals surface area contributed by atoms with E-state index in [4.69, 9.17) is 4.74 Å². The molecule has 0 aliphatic rings. The molecule has 1 aromatic rings. The highest BCUT2D eigenvalue weighted by Gasteiger charge is 2.11. The summed E-state index contributed by atoms with van der Waals surface area (Å²) < 4.78 is 4.73. The van der Waals surface area contributed by atoms with Crippen molar-refractivity contribution in [2.45, 2.75) is 13.8 Å². The molecule has 0 spiro atoms. The second-order valence-corrected chi connectivity index (χ2v) is 2.44. The number of aromatic amines is 1. The van der Waals surface area contributed by atoms with Crippen molar-refractivity contribution in [3.63, 3.8) is 0 Å². The fraction of sp³-hybridized carbons (Fsp3) is 0.375. The highest BCUT2D eigenvalue weighted by Crippen LogP contribution is 1.99. The molecular weight excluding hydrogens is 172 g/mol. The van der Waals surface area contributed by atoms with Gasteiger partial charge in [0.25, 0.3) is 5.56 Å². The Balaban J connectivity index is 3.02. The zero-order valence-electron chi connectivity index (χ0n) is 7.46. The van der Waals surface area contributed by atoms with Gasteiger partial charge in [-0.3, -0.25) is 4.79 Å². The minimum Gasteiger partial charge on any atom is -0.461 e. The van der Waals surface area contributed by atoms with Crippen molar-refractivity contribution in [2.75, 3.05) is 6.61 Å². The zero-order valence-corrected chi connectivity index (χ0v) is 7.46. The van der Waals surface area contributed by atoms with Crippen LogP contribution in [0.1, 0.15) is 23.1 Å². The van der Waals surface area contributed by atoms with Crippen LogP contribution in [0, 0.1) is 6.92 Å². The van der Waals surface area contributed by atoms with Gasteiger partial charge in [-0.1, -0.05) is 0 Å². The summed E-state index contributed by atoms with van der Waals surface area (Å²) in [5.74, 6) is -0.517. The average Bonchev–Trinajstić information content (AvgIpc) is 2.04. The van der Waals surface area contributed by atoms with Crippen molar-refractivity contribution in [1.29, 1.82) is 0 Å². The molecule has 0 saturated heterocycles. The van der Waals surface area contributed by atoms with E-state index in [-0.39, 0.29) is 11.3 Å². The van der Waals surface area contributed by atoms with Gasteiger partial charge in [0, 0.05) is 5.69 Å². The van der Waals surface area contributed by atoms with Gasteiger partial charge in [0.15, 0.2) is 5.69 Å². The summed E-state index contributed by atoms with van der Waals surface area (Å²) in [6.45, 7) is 3.60. The number of aromatic nitrogens is 2. The van der Waals surface area contributed by atoms with E-state index in [1.807, 2.05) is 0 Å². The summed E-state index contributed by atoms with van der Waals surface area (Å²) in [5.41, 5.74) is 0.248. The molecule has 0 unspecified atom stereocenters. The Bertz CT molecular complexity index is 370. The normalized spacial score (nSPS) is 9.69. The zero-order chi connectivity index (χ0) is 9.84. The summed E-state index contributed by atoms with van der Waals surface area (Å²) in [4.78, 5) is 28.1. The molecule has 0 bridgehead atoms. The van der Waals surface area contributed by atoms with Crippen LogP contribution in [0.2, 0.25) is 0 Å². The SMILES string of the molecule is CCOC(=O)c1ncc(=O)[nH]c1C. The smallest absolute Gasteiger partial charge is 0.358 e. The minimum absolute atomic E-state index is 0.154. The third-order valence-corrected chi connectivity index (χ3v) is 1.45. The van der Waals surface area contributed by atoms with Crippen LogP contribution >= 0.6 is 0 Å². The molecule has 1 heterocycles. The van der Waals surface area contributed by atoms with Crippen molar-refractivity contribution in [3.8, 4) is 0 Å². The quantitative estimate of drug-likeness (QED) is 0.665. The highest BCUT2D eigenvalue weighted by atomic mass is 16.5. The summed E-state index contributed by atoms with van der Waals surface area (Å²) >= 11 is 0. The second kappa shape index (κ2) is 3.84. The number of hydrogen-bond acceptors (Lipinski definition) is 4. The number of esters is 1. The maximum Gasteiger partial charge on any atom is 0.358 e. The molecule has 0 radical (unpaired) electrons. The van der Waals surface area contributed by atoms with Gasteiger partial charge in [0.05, 0.1) is 12.8 Å². The number of carbonyl (C=O) groups excluding carboxylic acids is 1. The van der Waals surface area contributed by atoms with E-state index < -0.39 is 5.97 Å². The van der Waals surface area contributed by atoms with Gasteiger partial charge in [0.2, 0.25) is 0 Å². The first-order valence-corrected chi connectivity index (χ1v) is 3.88. The van der Waals surface area contributed by atoms with Gasteiger partial charge in [-0.25, -0.2) is 9.78 Å². The van der Waals surface area contributed by atoms with E-state index in [0.717, 1.165) is 6.20 Å². The largest absolute Gasteiger partial charge is 0.461 e. The molecule has 5 nitrogen and oxygen atoms in total. The first-order valence-electron chi connectivity index (χ1n) is 3.88. The molecule has 0 fully saturated rings. The Hall–Kier alpha value is -1.65.